The summed E-state index contributed by atoms with van der Waals surface area (Å²) >= 11 is 0. The summed E-state index contributed by atoms with van der Waals surface area (Å²) in [6, 6.07) is 3.31. The summed E-state index contributed by atoms with van der Waals surface area (Å²) in [6.45, 7) is 1.32. The van der Waals surface area contributed by atoms with E-state index in [-0.39, 0.29) is 31.6 Å². The SMILES string of the molecule is CN(C(=O)c1cnc2cccnn12)C1(C)CCN(C(=O)OC(C(F)(F)F)C(F)(F)F)CC1. The number of imidazole rings is 1. The van der Waals surface area contributed by atoms with Crippen LogP contribution in [0.2, 0.25) is 0 Å². The second kappa shape index (κ2) is 8.13. The number of ether oxygens (including phenoxy) is 1. The van der Waals surface area contributed by atoms with E-state index in [9.17, 15) is 35.9 Å². The monoisotopic (exact) mass is 467 g/mol. The van der Waals surface area contributed by atoms with E-state index in [0.29, 0.717) is 5.65 Å². The van der Waals surface area contributed by atoms with Gasteiger partial charge in [-0.2, -0.15) is 31.4 Å². The van der Waals surface area contributed by atoms with Crippen LogP contribution in [0.15, 0.2) is 24.5 Å². The zero-order chi connectivity index (χ0) is 23.9. The average molecular weight is 467 g/mol. The molecule has 3 rings (SSSR count). The molecule has 3 heterocycles. The minimum Gasteiger partial charge on any atom is -0.426 e. The van der Waals surface area contributed by atoms with Crippen molar-refractivity contribution in [1.29, 1.82) is 0 Å². The number of nitrogens with zero attached hydrogens (tertiary/aromatic N) is 5. The number of alkyl halides is 6. The van der Waals surface area contributed by atoms with Gasteiger partial charge >= 0.3 is 18.4 Å². The smallest absolute Gasteiger partial charge is 0.426 e. The van der Waals surface area contributed by atoms with E-state index in [1.165, 1.54) is 28.9 Å². The molecule has 0 N–H and O–H groups in total. The molecule has 1 saturated heterocycles. The third kappa shape index (κ3) is 4.58. The van der Waals surface area contributed by atoms with Gasteiger partial charge in [-0.1, -0.05) is 0 Å². The first kappa shape index (κ1) is 23.6. The summed E-state index contributed by atoms with van der Waals surface area (Å²) in [7, 11) is 1.52. The predicted molar refractivity (Wildman–Crippen MR) is 96.7 cm³/mol. The Kier molecular flexibility index (Phi) is 6.00. The highest BCUT2D eigenvalue weighted by Crippen LogP contribution is 2.36. The molecular formula is C18H19F6N5O3. The van der Waals surface area contributed by atoms with Crippen LogP contribution in [0.3, 0.4) is 0 Å². The molecule has 8 nitrogen and oxygen atoms in total. The van der Waals surface area contributed by atoms with Crippen molar-refractivity contribution < 1.29 is 40.7 Å². The molecule has 0 unspecified atom stereocenters. The number of hydrogen-bond donors (Lipinski definition) is 0. The summed E-state index contributed by atoms with van der Waals surface area (Å²) in [5.41, 5.74) is -0.180. The summed E-state index contributed by atoms with van der Waals surface area (Å²) in [5, 5.41) is 4.07. The van der Waals surface area contributed by atoms with Gasteiger partial charge in [0.1, 0.15) is 0 Å². The number of carbonyl (C=O) groups excluding carboxylic acids is 2. The number of carbonyl (C=O) groups is 2. The molecule has 0 saturated carbocycles. The molecule has 32 heavy (non-hydrogen) atoms. The minimum absolute atomic E-state index is 0.108. The van der Waals surface area contributed by atoms with Crippen molar-refractivity contribution in [2.24, 2.45) is 0 Å². The molecule has 2 amide bonds. The highest BCUT2D eigenvalue weighted by molar-refractivity contribution is 5.93. The molecule has 1 aliphatic rings. The maximum atomic E-state index is 13.0. The number of likely N-dealkylation sites (tertiary alicyclic amines) is 1. The summed E-state index contributed by atoms with van der Waals surface area (Å²) in [4.78, 5) is 31.2. The van der Waals surface area contributed by atoms with Crippen LogP contribution < -0.4 is 0 Å². The number of halogens is 6. The Hall–Kier alpha value is -3.06. The van der Waals surface area contributed by atoms with Gasteiger partial charge in [0, 0.05) is 31.9 Å². The Morgan fingerprint density at radius 2 is 1.75 bits per heavy atom. The number of fused-ring (bicyclic) bond motifs is 1. The number of hydrogen-bond acceptors (Lipinski definition) is 5. The quantitative estimate of drug-likeness (QED) is 0.648. The van der Waals surface area contributed by atoms with E-state index in [1.54, 1.807) is 19.1 Å². The molecule has 14 heteroatoms. The van der Waals surface area contributed by atoms with Crippen LogP contribution in [0, 0.1) is 0 Å². The third-order valence-electron chi connectivity index (χ3n) is 5.52. The zero-order valence-electron chi connectivity index (χ0n) is 16.9. The molecule has 176 valence electrons. The van der Waals surface area contributed by atoms with Crippen molar-refractivity contribution >= 4 is 17.6 Å². The lowest BCUT2D eigenvalue weighted by Crippen LogP contribution is -2.56. The van der Waals surface area contributed by atoms with Crippen LogP contribution in [0.1, 0.15) is 30.3 Å². The lowest BCUT2D eigenvalue weighted by atomic mass is 9.88. The van der Waals surface area contributed by atoms with Crippen LogP contribution >= 0.6 is 0 Å². The molecule has 0 atom stereocenters. The first-order valence-corrected chi connectivity index (χ1v) is 9.40. The average Bonchev–Trinajstić information content (AvgIpc) is 3.13. The van der Waals surface area contributed by atoms with Gasteiger partial charge in [0.05, 0.1) is 6.20 Å². The Morgan fingerprint density at radius 1 is 1.16 bits per heavy atom. The molecule has 0 bridgehead atoms. The maximum Gasteiger partial charge on any atom is 0.434 e. The largest absolute Gasteiger partial charge is 0.434 e. The number of rotatable bonds is 3. The van der Waals surface area contributed by atoms with Gasteiger partial charge in [-0.25, -0.2) is 14.3 Å². The zero-order valence-corrected chi connectivity index (χ0v) is 16.9. The molecule has 0 spiro atoms. The highest BCUT2D eigenvalue weighted by Gasteiger charge is 2.60. The van der Waals surface area contributed by atoms with Crippen LogP contribution in [-0.2, 0) is 4.74 Å². The molecule has 1 fully saturated rings. The fourth-order valence-corrected chi connectivity index (χ4v) is 3.39. The van der Waals surface area contributed by atoms with Gasteiger partial charge < -0.3 is 14.5 Å². The van der Waals surface area contributed by atoms with Gasteiger partial charge in [-0.05, 0) is 31.9 Å². The Labute approximate surface area is 177 Å². The first-order valence-electron chi connectivity index (χ1n) is 9.40. The third-order valence-corrected chi connectivity index (χ3v) is 5.52. The second-order valence-electron chi connectivity index (χ2n) is 7.63. The van der Waals surface area contributed by atoms with Crippen molar-refractivity contribution in [3.63, 3.8) is 0 Å². The molecular weight excluding hydrogens is 448 g/mol. The van der Waals surface area contributed by atoms with Crippen LogP contribution in [0.25, 0.3) is 5.65 Å². The second-order valence-corrected chi connectivity index (χ2v) is 7.63. The van der Waals surface area contributed by atoms with Gasteiger partial charge in [0.15, 0.2) is 11.3 Å². The molecule has 0 aromatic carbocycles. The van der Waals surface area contributed by atoms with Gasteiger partial charge in [0.2, 0.25) is 0 Å². The number of piperidine rings is 1. The van der Waals surface area contributed by atoms with Gasteiger partial charge in [-0.3, -0.25) is 4.79 Å². The molecule has 0 aliphatic carbocycles. The van der Waals surface area contributed by atoms with E-state index in [4.69, 9.17) is 0 Å². The minimum atomic E-state index is -5.78. The first-order chi connectivity index (χ1) is 14.7. The lowest BCUT2D eigenvalue weighted by molar-refractivity contribution is -0.308. The van der Waals surface area contributed by atoms with Gasteiger partial charge in [-0.15, -0.1) is 0 Å². The molecule has 2 aromatic rings. The summed E-state index contributed by atoms with van der Waals surface area (Å²) in [6.07, 6.45) is -14.4. The van der Waals surface area contributed by atoms with E-state index in [1.807, 2.05) is 0 Å². The van der Waals surface area contributed by atoms with E-state index >= 15 is 0 Å². The molecule has 1 aliphatic heterocycles. The van der Waals surface area contributed by atoms with Crippen LogP contribution in [0.4, 0.5) is 31.1 Å². The van der Waals surface area contributed by atoms with Crippen molar-refractivity contribution in [2.45, 2.75) is 43.8 Å². The van der Waals surface area contributed by atoms with E-state index < -0.39 is 36.0 Å². The topological polar surface area (TPSA) is 80.0 Å². The fourth-order valence-electron chi connectivity index (χ4n) is 3.39. The van der Waals surface area contributed by atoms with Crippen molar-refractivity contribution in [3.05, 3.63) is 30.2 Å². The fraction of sp³-hybridized carbons (Fsp3) is 0.556. The molecule has 2 aromatic heterocycles. The summed E-state index contributed by atoms with van der Waals surface area (Å²) < 4.78 is 80.9. The van der Waals surface area contributed by atoms with E-state index in [2.05, 4.69) is 14.8 Å². The standard InChI is InChI=1S/C18H19F6N5O3/c1-16(27(2)13(30)11-10-25-12-4-3-7-26-29(11)12)5-8-28(9-6-16)15(31)32-14(17(19,20)21)18(22,23)24/h3-4,7,10,14H,5-6,8-9H2,1-2H3. The lowest BCUT2D eigenvalue weighted by Gasteiger charge is -2.44. The van der Waals surface area contributed by atoms with Crippen LogP contribution in [0.5, 0.6) is 0 Å². The Balaban J connectivity index is 1.67. The number of amides is 2. The predicted octanol–water partition coefficient (Wildman–Crippen LogP) is 3.29. The van der Waals surface area contributed by atoms with Crippen molar-refractivity contribution in [3.8, 4) is 0 Å². The van der Waals surface area contributed by atoms with Gasteiger partial charge in [0.25, 0.3) is 12.0 Å². The molecule has 0 radical (unpaired) electrons. The summed E-state index contributed by atoms with van der Waals surface area (Å²) in [5.74, 6) is -0.427. The van der Waals surface area contributed by atoms with Crippen LogP contribution in [-0.4, -0.2) is 80.5 Å². The Bertz CT molecular complexity index is 983. The maximum absolute atomic E-state index is 13.0. The highest BCUT2D eigenvalue weighted by atomic mass is 19.4. The number of aromatic nitrogens is 3. The van der Waals surface area contributed by atoms with Crippen molar-refractivity contribution in [1.82, 2.24) is 24.4 Å². The van der Waals surface area contributed by atoms with Crippen molar-refractivity contribution in [2.75, 3.05) is 20.1 Å². The normalized spacial score (nSPS) is 17.0. The van der Waals surface area contributed by atoms with E-state index in [0.717, 1.165) is 4.90 Å². The Morgan fingerprint density at radius 3 is 2.31 bits per heavy atom.